The number of nitrogens with zero attached hydrogens (tertiary/aromatic N) is 4. The summed E-state index contributed by atoms with van der Waals surface area (Å²) in [4.78, 5) is 24.2. The minimum atomic E-state index is -0.934. The Morgan fingerprint density at radius 3 is 2.71 bits per heavy atom. The molecular formula is C31H27ClF2N6O. The second kappa shape index (κ2) is 10.9. The molecule has 5 aromatic rings. The van der Waals surface area contributed by atoms with E-state index in [0.29, 0.717) is 22.2 Å². The number of carbonyl (C=O) groups is 1. The Morgan fingerprint density at radius 1 is 1.07 bits per heavy atom. The summed E-state index contributed by atoms with van der Waals surface area (Å²) in [6, 6.07) is 14.1. The van der Waals surface area contributed by atoms with E-state index in [9.17, 15) is 13.6 Å². The van der Waals surface area contributed by atoms with E-state index in [1.807, 2.05) is 55.2 Å². The number of hydrogen-bond acceptors (Lipinski definition) is 5. The molecule has 0 bridgehead atoms. The monoisotopic (exact) mass is 572 g/mol. The third-order valence-electron chi connectivity index (χ3n) is 7.57. The van der Waals surface area contributed by atoms with Crippen molar-refractivity contribution in [2.45, 2.75) is 18.9 Å². The van der Waals surface area contributed by atoms with Crippen LogP contribution in [0.1, 0.15) is 12.8 Å². The van der Waals surface area contributed by atoms with Crippen LogP contribution in [0, 0.1) is 11.6 Å². The van der Waals surface area contributed by atoms with Gasteiger partial charge in [-0.3, -0.25) is 9.69 Å². The number of halogens is 3. The minimum absolute atomic E-state index is 0.0432. The minimum Gasteiger partial charge on any atom is -0.351 e. The lowest BCUT2D eigenvalue weighted by atomic mass is 9.97. The molecule has 41 heavy (non-hydrogen) atoms. The van der Waals surface area contributed by atoms with Crippen molar-refractivity contribution in [2.24, 2.45) is 7.05 Å². The molecule has 2 aromatic heterocycles. The number of nitrogens with one attached hydrogen (secondary N) is 2. The van der Waals surface area contributed by atoms with E-state index in [2.05, 4.69) is 25.5 Å². The molecule has 0 radical (unpaired) electrons. The van der Waals surface area contributed by atoms with Gasteiger partial charge in [-0.1, -0.05) is 29.8 Å². The number of hydrogen-bond donors (Lipinski definition) is 2. The number of amides is 1. The van der Waals surface area contributed by atoms with Crippen molar-refractivity contribution in [3.8, 4) is 11.1 Å². The first-order valence-electron chi connectivity index (χ1n) is 13.2. The maximum Gasteiger partial charge on any atom is 0.248 e. The van der Waals surface area contributed by atoms with Crippen LogP contribution in [0.5, 0.6) is 0 Å². The molecule has 1 atom stereocenters. The van der Waals surface area contributed by atoms with E-state index >= 15 is 0 Å². The number of fused-ring (bicyclic) bond motifs is 2. The van der Waals surface area contributed by atoms with Gasteiger partial charge in [-0.25, -0.2) is 18.7 Å². The number of rotatable bonds is 6. The van der Waals surface area contributed by atoms with Gasteiger partial charge < -0.3 is 15.2 Å². The van der Waals surface area contributed by atoms with Gasteiger partial charge in [0.2, 0.25) is 5.91 Å². The Bertz CT molecular complexity index is 1840. The largest absolute Gasteiger partial charge is 0.351 e. The first kappa shape index (κ1) is 26.9. The molecule has 6 rings (SSSR count). The topological polar surface area (TPSA) is 75.1 Å². The normalized spacial score (nSPS) is 15.8. The summed E-state index contributed by atoms with van der Waals surface area (Å²) < 4.78 is 30.8. The zero-order valence-electron chi connectivity index (χ0n) is 22.5. The highest BCUT2D eigenvalue weighted by Crippen LogP contribution is 2.40. The second-order valence-corrected chi connectivity index (χ2v) is 10.6. The fourth-order valence-electron chi connectivity index (χ4n) is 5.37. The van der Waals surface area contributed by atoms with Crippen LogP contribution in [0.15, 0.2) is 73.2 Å². The van der Waals surface area contributed by atoms with Crippen LogP contribution in [-0.4, -0.2) is 45.0 Å². The Balaban J connectivity index is 1.50. The lowest BCUT2D eigenvalue weighted by Crippen LogP contribution is -2.23. The molecule has 1 saturated heterocycles. The summed E-state index contributed by atoms with van der Waals surface area (Å²) in [5.41, 5.74) is 3.51. The van der Waals surface area contributed by atoms with Gasteiger partial charge in [-0.2, -0.15) is 0 Å². The molecule has 1 unspecified atom stereocenters. The molecule has 0 aliphatic carbocycles. The van der Waals surface area contributed by atoms with Crippen LogP contribution in [0.25, 0.3) is 32.9 Å². The van der Waals surface area contributed by atoms with E-state index in [0.717, 1.165) is 41.9 Å². The van der Waals surface area contributed by atoms with Gasteiger partial charge >= 0.3 is 0 Å². The fourth-order valence-corrected chi connectivity index (χ4v) is 5.54. The molecule has 2 N–H and O–H groups in total. The number of aryl methyl sites for hydroxylation is 1. The Hall–Kier alpha value is -4.34. The van der Waals surface area contributed by atoms with E-state index in [1.54, 1.807) is 18.2 Å². The van der Waals surface area contributed by atoms with E-state index in [4.69, 9.17) is 11.6 Å². The van der Waals surface area contributed by atoms with Crippen LogP contribution in [0.3, 0.4) is 0 Å². The van der Waals surface area contributed by atoms with Crippen molar-refractivity contribution in [2.75, 3.05) is 24.2 Å². The number of likely N-dealkylation sites (tertiary alicyclic amines) is 1. The molecule has 3 heterocycles. The van der Waals surface area contributed by atoms with Crippen LogP contribution in [-0.2, 0) is 11.8 Å². The highest BCUT2D eigenvalue weighted by Gasteiger charge is 2.21. The molecule has 0 spiro atoms. The first-order chi connectivity index (χ1) is 19.8. The van der Waals surface area contributed by atoms with Gasteiger partial charge in [-0.05, 0) is 73.8 Å². The number of benzene rings is 3. The van der Waals surface area contributed by atoms with E-state index in [1.165, 1.54) is 12.4 Å². The molecule has 1 amide bonds. The summed E-state index contributed by atoms with van der Waals surface area (Å²) in [6.45, 7) is 1.00. The Morgan fingerprint density at radius 2 is 1.90 bits per heavy atom. The van der Waals surface area contributed by atoms with Crippen molar-refractivity contribution in [3.63, 3.8) is 0 Å². The molecule has 0 saturated carbocycles. The number of likely N-dealkylation sites (N-methyl/N-ethyl adjacent to an activating group) is 1. The van der Waals surface area contributed by atoms with Gasteiger partial charge in [0.15, 0.2) is 5.82 Å². The standard InChI is InChI=1S/C31H27ClF2N6O/c1-39-14-3-4-20(39)7-12-26(41)37-23-11-10-22-28(27(23)19-6-5-18-13-15-40(2)25(18)16-19)31(36-17-35-22)38-24-9-8-21(33)29(32)30(24)34/h5-13,15-17,20H,3-4,14H2,1-2H3,(H,37,41)(H,35,36,38). The van der Waals surface area contributed by atoms with Crippen molar-refractivity contribution in [3.05, 3.63) is 89.9 Å². The van der Waals surface area contributed by atoms with Gasteiger partial charge in [-0.15, -0.1) is 0 Å². The maximum atomic E-state index is 14.9. The molecule has 3 aromatic carbocycles. The van der Waals surface area contributed by atoms with Crippen molar-refractivity contribution in [1.29, 1.82) is 0 Å². The average molecular weight is 573 g/mol. The number of carbonyl (C=O) groups excluding carboxylic acids is 1. The maximum absolute atomic E-state index is 14.9. The summed E-state index contributed by atoms with van der Waals surface area (Å²) in [5, 5.41) is 7.00. The smallest absolute Gasteiger partial charge is 0.248 e. The Kier molecular flexibility index (Phi) is 7.15. The van der Waals surface area contributed by atoms with Crippen LogP contribution >= 0.6 is 11.6 Å². The van der Waals surface area contributed by atoms with Gasteiger partial charge in [0.1, 0.15) is 23.0 Å². The molecule has 1 aliphatic rings. The van der Waals surface area contributed by atoms with Crippen LogP contribution in [0.2, 0.25) is 5.02 Å². The lowest BCUT2D eigenvalue weighted by Gasteiger charge is -2.18. The zero-order valence-corrected chi connectivity index (χ0v) is 23.2. The Labute approximate surface area is 240 Å². The summed E-state index contributed by atoms with van der Waals surface area (Å²) in [5.74, 6) is -1.79. The van der Waals surface area contributed by atoms with Gasteiger partial charge in [0.05, 0.1) is 16.6 Å². The van der Waals surface area contributed by atoms with Gasteiger partial charge in [0.25, 0.3) is 0 Å². The van der Waals surface area contributed by atoms with Crippen LogP contribution < -0.4 is 10.6 Å². The average Bonchev–Trinajstić information content (AvgIpc) is 3.56. The molecule has 1 fully saturated rings. The predicted molar refractivity (Wildman–Crippen MR) is 160 cm³/mol. The van der Waals surface area contributed by atoms with Gasteiger partial charge in [0, 0.05) is 42.1 Å². The molecule has 7 nitrogen and oxygen atoms in total. The second-order valence-electron chi connectivity index (χ2n) is 10.2. The number of anilines is 3. The molecule has 1 aliphatic heterocycles. The summed E-state index contributed by atoms with van der Waals surface area (Å²) in [6.07, 6.45) is 8.93. The highest BCUT2D eigenvalue weighted by atomic mass is 35.5. The summed E-state index contributed by atoms with van der Waals surface area (Å²) >= 11 is 5.84. The quantitative estimate of drug-likeness (QED) is 0.168. The van der Waals surface area contributed by atoms with Crippen LogP contribution in [0.4, 0.5) is 26.0 Å². The lowest BCUT2D eigenvalue weighted by molar-refractivity contribution is -0.111. The predicted octanol–water partition coefficient (Wildman–Crippen LogP) is 7.05. The van der Waals surface area contributed by atoms with Crippen molar-refractivity contribution < 1.29 is 13.6 Å². The number of aromatic nitrogens is 3. The molecule has 10 heteroatoms. The molecule has 208 valence electrons. The third-order valence-corrected chi connectivity index (χ3v) is 7.92. The van der Waals surface area contributed by atoms with E-state index < -0.39 is 16.7 Å². The SMILES string of the molecule is CN1CCCC1C=CC(=O)Nc1ccc2ncnc(Nc3ccc(F)c(Cl)c3F)c2c1-c1ccc2ccn(C)c2c1. The summed E-state index contributed by atoms with van der Waals surface area (Å²) in [7, 11) is 4.01. The van der Waals surface area contributed by atoms with E-state index in [-0.39, 0.29) is 23.5 Å². The van der Waals surface area contributed by atoms with Crippen molar-refractivity contribution >= 4 is 56.5 Å². The zero-order chi connectivity index (χ0) is 28.7. The first-order valence-corrected chi connectivity index (χ1v) is 13.6. The fraction of sp³-hybridized carbons (Fsp3) is 0.194. The van der Waals surface area contributed by atoms with Crippen molar-refractivity contribution in [1.82, 2.24) is 19.4 Å². The third kappa shape index (κ3) is 5.14. The molecular weight excluding hydrogens is 546 g/mol. The highest BCUT2D eigenvalue weighted by molar-refractivity contribution is 6.31.